The van der Waals surface area contributed by atoms with E-state index in [0.717, 1.165) is 18.2 Å². The van der Waals surface area contributed by atoms with Crippen LogP contribution in [0, 0.1) is 12.8 Å². The van der Waals surface area contributed by atoms with Crippen LogP contribution in [0.15, 0.2) is 6.20 Å². The van der Waals surface area contributed by atoms with Crippen LogP contribution in [0.2, 0.25) is 0 Å². The molecular weight excluding hydrogens is 174 g/mol. The summed E-state index contributed by atoms with van der Waals surface area (Å²) in [5.74, 6) is 0.836. The van der Waals surface area contributed by atoms with Crippen LogP contribution in [0.5, 0.6) is 0 Å². The number of aryl methyl sites for hydroxylation is 2. The predicted molar refractivity (Wildman–Crippen MR) is 58.1 cm³/mol. The number of aromatic nitrogens is 3. The molecule has 0 radical (unpaired) electrons. The molecule has 1 aromatic heterocycles. The minimum atomic E-state index is 0.836. The van der Waals surface area contributed by atoms with Gasteiger partial charge in [-0.05, 0) is 19.3 Å². The Kier molecular flexibility index (Phi) is 4.63. The van der Waals surface area contributed by atoms with Crippen molar-refractivity contribution in [1.82, 2.24) is 15.0 Å². The highest BCUT2D eigenvalue weighted by molar-refractivity contribution is 4.88. The van der Waals surface area contributed by atoms with E-state index < -0.39 is 0 Å². The minimum Gasteiger partial charge on any atom is -0.250 e. The highest BCUT2D eigenvalue weighted by atomic mass is 15.4. The molecule has 1 heterocycles. The van der Waals surface area contributed by atoms with E-state index in [4.69, 9.17) is 0 Å². The molecule has 80 valence electrons. The van der Waals surface area contributed by atoms with Gasteiger partial charge in [0, 0.05) is 6.54 Å². The smallest absolute Gasteiger partial charge is 0.0722 e. The van der Waals surface area contributed by atoms with Gasteiger partial charge >= 0.3 is 0 Å². The molecule has 0 bridgehead atoms. The lowest BCUT2D eigenvalue weighted by Gasteiger charge is -2.05. The molecule has 0 N–H and O–H groups in total. The molecular formula is C11H21N3. The molecule has 3 nitrogen and oxygen atoms in total. The van der Waals surface area contributed by atoms with Gasteiger partial charge in [0.15, 0.2) is 0 Å². The standard InChI is InChI=1S/C11H21N3/c1-10(2)7-5-4-6-8-14-11(3)9-12-13-14/h9-10H,4-8H2,1-3H3. The fraction of sp³-hybridized carbons (Fsp3) is 0.818. The van der Waals surface area contributed by atoms with Gasteiger partial charge in [0.1, 0.15) is 0 Å². The van der Waals surface area contributed by atoms with Crippen LogP contribution in [-0.4, -0.2) is 15.0 Å². The van der Waals surface area contributed by atoms with E-state index in [-0.39, 0.29) is 0 Å². The van der Waals surface area contributed by atoms with Gasteiger partial charge in [-0.15, -0.1) is 5.10 Å². The topological polar surface area (TPSA) is 30.7 Å². The van der Waals surface area contributed by atoms with E-state index in [9.17, 15) is 0 Å². The summed E-state index contributed by atoms with van der Waals surface area (Å²) in [6.45, 7) is 7.63. The number of rotatable bonds is 6. The zero-order chi connectivity index (χ0) is 10.4. The number of hydrogen-bond donors (Lipinski definition) is 0. The van der Waals surface area contributed by atoms with Gasteiger partial charge in [-0.2, -0.15) is 0 Å². The normalized spacial score (nSPS) is 11.1. The number of unbranched alkanes of at least 4 members (excludes halogenated alkanes) is 2. The SMILES string of the molecule is Cc1cnnn1CCCCCC(C)C. The third kappa shape index (κ3) is 3.90. The van der Waals surface area contributed by atoms with Crippen molar-refractivity contribution < 1.29 is 0 Å². The zero-order valence-corrected chi connectivity index (χ0v) is 9.53. The van der Waals surface area contributed by atoms with Crippen LogP contribution in [0.3, 0.4) is 0 Å². The van der Waals surface area contributed by atoms with Gasteiger partial charge < -0.3 is 0 Å². The number of hydrogen-bond acceptors (Lipinski definition) is 2. The molecule has 0 saturated heterocycles. The summed E-state index contributed by atoms with van der Waals surface area (Å²) >= 11 is 0. The lowest BCUT2D eigenvalue weighted by atomic mass is 10.1. The van der Waals surface area contributed by atoms with Crippen molar-refractivity contribution in [3.05, 3.63) is 11.9 Å². The maximum atomic E-state index is 4.02. The Balaban J connectivity index is 2.08. The molecule has 3 heteroatoms. The zero-order valence-electron chi connectivity index (χ0n) is 9.53. The maximum Gasteiger partial charge on any atom is 0.0722 e. The van der Waals surface area contributed by atoms with Crippen LogP contribution in [-0.2, 0) is 6.54 Å². The first-order chi connectivity index (χ1) is 6.70. The molecule has 14 heavy (non-hydrogen) atoms. The second-order valence-electron chi connectivity index (χ2n) is 4.34. The average Bonchev–Trinajstić information content (AvgIpc) is 2.51. The molecule has 0 unspecified atom stereocenters. The first-order valence-electron chi connectivity index (χ1n) is 5.55. The highest BCUT2D eigenvalue weighted by Crippen LogP contribution is 2.08. The second-order valence-corrected chi connectivity index (χ2v) is 4.34. The lowest BCUT2D eigenvalue weighted by molar-refractivity contribution is 0.483. The maximum absolute atomic E-state index is 4.02. The third-order valence-electron chi connectivity index (χ3n) is 2.46. The van der Waals surface area contributed by atoms with E-state index in [0.29, 0.717) is 0 Å². The van der Waals surface area contributed by atoms with Crippen molar-refractivity contribution >= 4 is 0 Å². The summed E-state index contributed by atoms with van der Waals surface area (Å²) in [5.41, 5.74) is 1.16. The predicted octanol–water partition coefficient (Wildman–Crippen LogP) is 2.80. The Morgan fingerprint density at radius 2 is 2.07 bits per heavy atom. The van der Waals surface area contributed by atoms with Crippen LogP contribution >= 0.6 is 0 Å². The monoisotopic (exact) mass is 195 g/mol. The molecule has 0 atom stereocenters. The molecule has 1 rings (SSSR count). The van der Waals surface area contributed by atoms with Crippen LogP contribution in [0.1, 0.15) is 45.2 Å². The van der Waals surface area contributed by atoms with Crippen LogP contribution < -0.4 is 0 Å². The van der Waals surface area contributed by atoms with E-state index in [1.54, 1.807) is 0 Å². The van der Waals surface area contributed by atoms with Gasteiger partial charge in [0.05, 0.1) is 11.9 Å². The molecule has 0 fully saturated rings. The van der Waals surface area contributed by atoms with E-state index in [1.807, 2.05) is 17.8 Å². The quantitative estimate of drug-likeness (QED) is 0.653. The molecule has 0 aromatic carbocycles. The van der Waals surface area contributed by atoms with Crippen molar-refractivity contribution in [2.24, 2.45) is 5.92 Å². The van der Waals surface area contributed by atoms with Crippen molar-refractivity contribution in [2.75, 3.05) is 0 Å². The molecule has 0 aliphatic heterocycles. The summed E-state index contributed by atoms with van der Waals surface area (Å²) in [4.78, 5) is 0. The van der Waals surface area contributed by atoms with E-state index >= 15 is 0 Å². The molecule has 0 aliphatic rings. The van der Waals surface area contributed by atoms with Crippen molar-refractivity contribution in [3.8, 4) is 0 Å². The van der Waals surface area contributed by atoms with Crippen LogP contribution in [0.4, 0.5) is 0 Å². The van der Waals surface area contributed by atoms with E-state index in [2.05, 4.69) is 24.2 Å². The van der Waals surface area contributed by atoms with Crippen molar-refractivity contribution in [3.63, 3.8) is 0 Å². The third-order valence-corrected chi connectivity index (χ3v) is 2.46. The average molecular weight is 195 g/mol. The summed E-state index contributed by atoms with van der Waals surface area (Å²) in [5, 5.41) is 7.88. The van der Waals surface area contributed by atoms with Crippen molar-refractivity contribution in [2.45, 2.75) is 53.0 Å². The summed E-state index contributed by atoms with van der Waals surface area (Å²) in [7, 11) is 0. The van der Waals surface area contributed by atoms with Gasteiger partial charge in [0.25, 0.3) is 0 Å². The molecule has 1 aromatic rings. The van der Waals surface area contributed by atoms with Gasteiger partial charge in [-0.3, -0.25) is 0 Å². The Morgan fingerprint density at radius 3 is 2.64 bits per heavy atom. The fourth-order valence-electron chi connectivity index (χ4n) is 1.52. The highest BCUT2D eigenvalue weighted by Gasteiger charge is 1.98. The summed E-state index contributed by atoms with van der Waals surface area (Å²) in [6.07, 6.45) is 7.02. The van der Waals surface area contributed by atoms with Gasteiger partial charge in [-0.1, -0.05) is 38.3 Å². The first kappa shape index (κ1) is 11.2. The van der Waals surface area contributed by atoms with Gasteiger partial charge in [0.2, 0.25) is 0 Å². The molecule has 0 spiro atoms. The molecule has 0 aliphatic carbocycles. The Bertz CT molecular complexity index is 253. The fourth-order valence-corrected chi connectivity index (χ4v) is 1.52. The summed E-state index contributed by atoms with van der Waals surface area (Å²) in [6, 6.07) is 0. The van der Waals surface area contributed by atoms with Gasteiger partial charge in [-0.25, -0.2) is 4.68 Å². The minimum absolute atomic E-state index is 0.836. The second kappa shape index (κ2) is 5.78. The lowest BCUT2D eigenvalue weighted by Crippen LogP contribution is -2.02. The molecule has 0 saturated carbocycles. The van der Waals surface area contributed by atoms with Crippen LogP contribution in [0.25, 0.3) is 0 Å². The Morgan fingerprint density at radius 1 is 1.29 bits per heavy atom. The van der Waals surface area contributed by atoms with E-state index in [1.165, 1.54) is 25.7 Å². The number of nitrogens with zero attached hydrogens (tertiary/aromatic N) is 3. The first-order valence-corrected chi connectivity index (χ1v) is 5.55. The molecule has 0 amide bonds. The Hall–Kier alpha value is -0.860. The largest absolute Gasteiger partial charge is 0.250 e. The van der Waals surface area contributed by atoms with Crippen molar-refractivity contribution in [1.29, 1.82) is 0 Å². The summed E-state index contributed by atoms with van der Waals surface area (Å²) < 4.78 is 1.98. The Labute approximate surface area is 86.5 Å².